The van der Waals surface area contributed by atoms with Crippen LogP contribution in [0.5, 0.6) is 0 Å². The summed E-state index contributed by atoms with van der Waals surface area (Å²) < 4.78 is 0. The Balaban J connectivity index is -0.000000117. The van der Waals surface area contributed by atoms with Gasteiger partial charge in [0.05, 0.1) is 12.1 Å². The van der Waals surface area contributed by atoms with Gasteiger partial charge in [0.25, 0.3) is 0 Å². The van der Waals surface area contributed by atoms with Gasteiger partial charge in [0.15, 0.2) is 0 Å². The van der Waals surface area contributed by atoms with Gasteiger partial charge >= 0.3 is 5.97 Å². The quantitative estimate of drug-likeness (QED) is 0.101. The molecule has 0 aromatic carbocycles. The molecule has 8 nitrogen and oxygen atoms in total. The summed E-state index contributed by atoms with van der Waals surface area (Å²) >= 11 is 0. The van der Waals surface area contributed by atoms with Gasteiger partial charge in [-0.25, -0.2) is 0 Å². The predicted molar refractivity (Wildman–Crippen MR) is 104 cm³/mol. The van der Waals surface area contributed by atoms with Crippen molar-refractivity contribution in [1.29, 1.82) is 0 Å². The molecule has 0 spiro atoms. The number of aliphatic carboxylic acids is 1. The van der Waals surface area contributed by atoms with Crippen molar-refractivity contribution in [2.75, 3.05) is 7.11 Å². The monoisotopic (exact) mass is 898 g/mol. The third-order valence-electron chi connectivity index (χ3n) is 2.95. The van der Waals surface area contributed by atoms with E-state index in [0.29, 0.717) is 12.8 Å². The van der Waals surface area contributed by atoms with Gasteiger partial charge in [0.2, 0.25) is 0 Å². The molecule has 180 valence electrons. The van der Waals surface area contributed by atoms with Crippen LogP contribution in [0.4, 0.5) is 0 Å². The van der Waals surface area contributed by atoms with E-state index in [2.05, 4.69) is 10.6 Å². The fourth-order valence-corrected chi connectivity index (χ4v) is 1.92. The summed E-state index contributed by atoms with van der Waals surface area (Å²) in [6, 6.07) is -1.27. The molecule has 4 N–H and O–H groups in total. The molecular formula is C19H32Fm2N2O6-2. The molecule has 0 aliphatic heterocycles. The number of aliphatic hydroxyl groups is 1. The van der Waals surface area contributed by atoms with Crippen LogP contribution in [0.15, 0.2) is 23.8 Å². The van der Waals surface area contributed by atoms with Crippen molar-refractivity contribution in [2.24, 2.45) is 5.92 Å². The van der Waals surface area contributed by atoms with Crippen LogP contribution in [0.1, 0.15) is 47.0 Å². The van der Waals surface area contributed by atoms with Gasteiger partial charge in [-0.15, -0.1) is 0 Å². The largest absolute Gasteiger partial charge is 0.521 e. The summed E-state index contributed by atoms with van der Waals surface area (Å²) in [5.41, 5.74) is 1.05. The number of carbonyl (C=O) groups excluding carboxylic acids is 3. The SMILES string of the molecule is C/C=C\C(=C/CC)CC(C=O)N[C-]=O.CC(C)CC(N[C-]=O)C(=O)O.CO.[Fm].[Fm]. The predicted octanol–water partition coefficient (Wildman–Crippen LogP) is 1.26. The van der Waals surface area contributed by atoms with E-state index in [0.717, 1.165) is 25.4 Å². The zero-order chi connectivity index (χ0) is 21.7. The van der Waals surface area contributed by atoms with E-state index in [1.807, 2.05) is 45.9 Å². The fraction of sp³-hybridized carbons (Fsp3) is 0.579. The number of carbonyl (C=O) groups is 2. The zero-order valence-corrected chi connectivity index (χ0v) is 22.1. The van der Waals surface area contributed by atoms with Gasteiger partial charge in [0, 0.05) is 7.11 Å². The molecule has 0 saturated heterocycles. The molecule has 10 heteroatoms. The Kier molecular flexibility index (Phi) is 31.6. The summed E-state index contributed by atoms with van der Waals surface area (Å²) in [5, 5.41) is 20.0. The van der Waals surface area contributed by atoms with Crippen LogP contribution in [-0.2, 0) is 19.2 Å². The Bertz CT molecular complexity index is 472. The molecule has 2 atom stereocenters. The summed E-state index contributed by atoms with van der Waals surface area (Å²) in [6.07, 6.45) is 11.4. The molecule has 0 aliphatic carbocycles. The normalized spacial score (nSPS) is 11.8. The van der Waals surface area contributed by atoms with E-state index in [9.17, 15) is 19.2 Å². The van der Waals surface area contributed by atoms with Crippen LogP contribution in [0.2, 0.25) is 0 Å². The molecule has 0 aromatic rings. The Hall–Kier alpha value is -4.48. The maximum absolute atomic E-state index is 10.5. The first-order chi connectivity index (χ1) is 12.9. The van der Waals surface area contributed by atoms with Crippen molar-refractivity contribution < 1.29 is 29.4 Å². The van der Waals surface area contributed by atoms with Gasteiger partial charge in [0.1, 0.15) is 6.29 Å². The number of carboxylic acid groups (broad SMARTS) is 1. The first-order valence-electron chi connectivity index (χ1n) is 8.55. The van der Waals surface area contributed by atoms with Crippen LogP contribution < -0.4 is 10.6 Å². The van der Waals surface area contributed by atoms with Crippen molar-refractivity contribution in [1.82, 2.24) is 10.6 Å². The molecule has 0 bridgehead atoms. The number of rotatable bonds is 12. The van der Waals surface area contributed by atoms with E-state index < -0.39 is 18.1 Å². The molecular weight excluding hydrogens is 866 g/mol. The molecule has 0 saturated carbocycles. The molecule has 0 rings (SSSR count). The first kappa shape index (κ1) is 35.6. The Morgan fingerprint density at radius 1 is 1.10 bits per heavy atom. The molecule has 29 heavy (non-hydrogen) atoms. The minimum atomic E-state index is -1.01. The second-order valence-electron chi connectivity index (χ2n) is 5.65. The Labute approximate surface area is 161 Å². The zero-order valence-electron chi connectivity index (χ0n) is 17.3. The number of amides is 2. The van der Waals surface area contributed by atoms with E-state index in [1.54, 1.807) is 0 Å². The summed E-state index contributed by atoms with van der Waals surface area (Å²) in [6.45, 7) is 7.72. The van der Waals surface area contributed by atoms with Crippen molar-refractivity contribution in [3.8, 4) is 0 Å². The van der Waals surface area contributed by atoms with Crippen LogP contribution in [-0.4, -0.2) is 54.5 Å². The van der Waals surface area contributed by atoms with Crippen molar-refractivity contribution in [2.45, 2.75) is 59.0 Å². The van der Waals surface area contributed by atoms with Crippen molar-refractivity contribution in [3.05, 3.63) is 23.8 Å². The van der Waals surface area contributed by atoms with E-state index >= 15 is 0 Å². The third kappa shape index (κ3) is 23.5. The second-order valence-corrected chi connectivity index (χ2v) is 5.65. The summed E-state index contributed by atoms with van der Waals surface area (Å²) in [7, 11) is 1.00. The minimum Gasteiger partial charge on any atom is -0.521 e. The molecule has 2 unspecified atom stereocenters. The van der Waals surface area contributed by atoms with Gasteiger partial charge in [-0.2, -0.15) is 12.8 Å². The number of hydrogen-bond acceptors (Lipinski definition) is 5. The van der Waals surface area contributed by atoms with Crippen LogP contribution in [0.25, 0.3) is 0 Å². The molecule has 0 aliphatic rings. The van der Waals surface area contributed by atoms with Gasteiger partial charge in [-0.3, -0.25) is 4.79 Å². The summed E-state index contributed by atoms with van der Waals surface area (Å²) in [4.78, 5) is 40.8. The Morgan fingerprint density at radius 3 is 1.93 bits per heavy atom. The molecule has 2 amide bonds. The number of aldehydes is 1. The van der Waals surface area contributed by atoms with Gasteiger partial charge < -0.3 is 35.2 Å². The topological polar surface area (TPSA) is 133 Å². The summed E-state index contributed by atoms with van der Waals surface area (Å²) in [5.74, 6) is -0.765. The fourth-order valence-electron chi connectivity index (χ4n) is 1.92. The van der Waals surface area contributed by atoms with E-state index in [4.69, 9.17) is 10.2 Å². The molecule has 0 aromatic heterocycles. The molecule has 0 radical (unpaired) electrons. The minimum absolute atomic E-state index is 0. The standard InChI is InChI=1S/C11H16NO2.C7H12NO3.CH4O.2Fm/c1-3-5-10(6-4-2)7-11(8-13)12-9-14;1-5(2)3-6(7(10)11)8-4-9;1-2;;/h3,5-6,8,11H,4,7H2,1-2H3,(H,12,14);5-6H,3H2,1-2H3,(H,8,9)(H,10,11);2H,1H3;;/q2*-1;;;/b5-3-,10-6+;;;;. The number of carboxylic acids is 1. The first-order valence-corrected chi connectivity index (χ1v) is 8.55. The number of allylic oxidation sites excluding steroid dienone is 3. The van der Waals surface area contributed by atoms with Crippen molar-refractivity contribution >= 4 is 25.1 Å². The van der Waals surface area contributed by atoms with Crippen molar-refractivity contribution in [3.63, 3.8) is 0 Å². The number of nitrogens with one attached hydrogen (secondary N) is 2. The molecule has 0 fully saturated rings. The van der Waals surface area contributed by atoms with E-state index in [-0.39, 0.29) is 5.92 Å². The average Bonchev–Trinajstić information content (AvgIpc) is 2.63. The number of hydrogen-bond donors (Lipinski definition) is 4. The van der Waals surface area contributed by atoms with Crippen LogP contribution in [0.3, 0.4) is 0 Å². The van der Waals surface area contributed by atoms with Gasteiger partial charge in [-0.1, -0.05) is 39.0 Å². The molecule has 0 heterocycles. The second kappa shape index (κ2) is 25.8. The average molecular weight is 898 g/mol. The number of aliphatic hydroxyl groups excluding tert-OH is 1. The van der Waals surface area contributed by atoms with E-state index in [1.165, 1.54) is 12.8 Å². The van der Waals surface area contributed by atoms with Gasteiger partial charge in [-0.05, 0) is 37.7 Å². The van der Waals surface area contributed by atoms with Crippen LogP contribution >= 0.6 is 0 Å². The maximum Gasteiger partial charge on any atom is 0.323 e. The maximum atomic E-state index is 10.5. The smallest absolute Gasteiger partial charge is 0.323 e. The van der Waals surface area contributed by atoms with Crippen LogP contribution in [0, 0.1) is 5.92 Å². The Morgan fingerprint density at radius 2 is 1.62 bits per heavy atom. The third-order valence-corrected chi connectivity index (χ3v) is 2.95.